The van der Waals surface area contributed by atoms with Gasteiger partial charge in [0.15, 0.2) is 0 Å². The van der Waals surface area contributed by atoms with E-state index in [1.54, 1.807) is 18.6 Å². The van der Waals surface area contributed by atoms with Crippen LogP contribution in [0.2, 0.25) is 0 Å². The Balaban J connectivity index is 1.43. The first kappa shape index (κ1) is 30.1. The molecule has 10 nitrogen and oxygen atoms in total. The summed E-state index contributed by atoms with van der Waals surface area (Å²) in [5.41, 5.74) is 2.22. The molecule has 1 saturated heterocycles. The molecular weight excluding hydrogens is 514 g/mol. The fraction of sp³-hybridized carbons (Fsp3) is 0.387. The molecule has 1 unspecified atom stereocenters. The smallest absolute Gasteiger partial charge is 0.327 e. The molecule has 0 saturated carbocycles. The Morgan fingerprint density at radius 2 is 2.07 bits per heavy atom. The third-order valence-electron chi connectivity index (χ3n) is 7.50. The van der Waals surface area contributed by atoms with Gasteiger partial charge < -0.3 is 15.5 Å². The fourth-order valence-corrected chi connectivity index (χ4v) is 4.98. The second-order valence-corrected chi connectivity index (χ2v) is 10.2. The normalized spacial score (nSPS) is 15.3. The summed E-state index contributed by atoms with van der Waals surface area (Å²) in [5.74, 6) is 2.83. The largest absolute Gasteiger partial charge is 0.375 e. The highest BCUT2D eigenvalue weighted by molar-refractivity contribution is 5.95. The summed E-state index contributed by atoms with van der Waals surface area (Å²) in [4.78, 5) is 26.3. The molecule has 1 aliphatic heterocycles. The first-order valence-electron chi connectivity index (χ1n) is 14.2. The van der Waals surface area contributed by atoms with Crippen molar-refractivity contribution >= 4 is 11.6 Å². The minimum Gasteiger partial charge on any atom is -0.375 e. The third-order valence-corrected chi connectivity index (χ3v) is 7.50. The second kappa shape index (κ2) is 15.2. The van der Waals surface area contributed by atoms with Crippen LogP contribution in [0.4, 0.5) is 5.69 Å². The molecule has 4 rings (SSSR count). The van der Waals surface area contributed by atoms with E-state index in [4.69, 9.17) is 0 Å². The van der Waals surface area contributed by atoms with E-state index in [1.165, 1.54) is 5.92 Å². The molecule has 3 heterocycles. The van der Waals surface area contributed by atoms with Crippen LogP contribution in [0.15, 0.2) is 67.7 Å². The van der Waals surface area contributed by atoms with E-state index in [1.807, 2.05) is 42.5 Å². The monoisotopic (exact) mass is 556 g/mol. The van der Waals surface area contributed by atoms with Gasteiger partial charge >= 0.3 is 5.82 Å². The highest BCUT2D eigenvalue weighted by atomic mass is 16.1. The molecule has 41 heavy (non-hydrogen) atoms. The Kier molecular flexibility index (Phi) is 11.2. The highest BCUT2D eigenvalue weighted by Crippen LogP contribution is 2.21. The van der Waals surface area contributed by atoms with Gasteiger partial charge in [-0.3, -0.25) is 9.69 Å². The highest BCUT2D eigenvalue weighted by Gasteiger charge is 2.24. The zero-order valence-corrected chi connectivity index (χ0v) is 24.2. The van der Waals surface area contributed by atoms with Gasteiger partial charge in [0.1, 0.15) is 18.6 Å². The maximum atomic E-state index is 13.0. The maximum absolute atomic E-state index is 13.0. The van der Waals surface area contributed by atoms with Crippen LogP contribution in [0, 0.1) is 18.8 Å². The molecule has 1 fully saturated rings. The summed E-state index contributed by atoms with van der Waals surface area (Å²) in [6, 6.07) is 9.41. The molecule has 1 atom stereocenters. The van der Waals surface area contributed by atoms with Gasteiger partial charge in [-0.1, -0.05) is 31.2 Å². The average molecular weight is 557 g/mol. The van der Waals surface area contributed by atoms with E-state index in [2.05, 4.69) is 72.6 Å². The number of carbonyl (C=O) groups is 1. The second-order valence-electron chi connectivity index (χ2n) is 10.2. The lowest BCUT2D eigenvalue weighted by molar-refractivity contribution is -0.693. The van der Waals surface area contributed by atoms with Crippen LogP contribution < -0.4 is 15.2 Å². The quantitative estimate of drug-likeness (QED) is 0.262. The summed E-state index contributed by atoms with van der Waals surface area (Å²) in [5, 5.41) is 14.3. The third kappa shape index (κ3) is 8.31. The van der Waals surface area contributed by atoms with Gasteiger partial charge in [0, 0.05) is 73.7 Å². The molecule has 0 aliphatic carbocycles. The lowest BCUT2D eigenvalue weighted by atomic mass is 9.89. The van der Waals surface area contributed by atoms with Gasteiger partial charge in [-0.15, -0.1) is 11.7 Å². The van der Waals surface area contributed by atoms with E-state index in [0.717, 1.165) is 68.7 Å². The number of aromatic nitrogens is 5. The number of allylic oxidation sites excluding steroid dienone is 2. The molecule has 10 heteroatoms. The molecule has 2 aromatic heterocycles. The van der Waals surface area contributed by atoms with Crippen molar-refractivity contribution in [2.75, 3.05) is 51.6 Å². The molecule has 3 aromatic rings. The summed E-state index contributed by atoms with van der Waals surface area (Å²) in [7, 11) is 2.17. The summed E-state index contributed by atoms with van der Waals surface area (Å²) < 4.78 is 2.18. The summed E-state index contributed by atoms with van der Waals surface area (Å²) in [6.45, 7) is 16.8. The molecule has 3 N–H and O–H groups in total. The van der Waals surface area contributed by atoms with Crippen LogP contribution in [0.25, 0.3) is 11.5 Å². The standard InChI is InChI=1S/C31H41N9O/c1-5-9-26(24(6-2)7-3)21-34-31(41)25-10-8-11-27(20-25)33-22-29-36-37-30(28-12-13-32-23-35-28)40(29)19-18-39-16-14-38(4)15-17-39/h5-6,8-13,20,23,26,33H,1-2,7,14-19,21-22H2,3-4H3,(H,34,41)/p+1/b9-5-. The van der Waals surface area contributed by atoms with Crippen molar-refractivity contribution in [1.29, 1.82) is 0 Å². The van der Waals surface area contributed by atoms with Gasteiger partial charge in [0.2, 0.25) is 0 Å². The van der Waals surface area contributed by atoms with Crippen LogP contribution in [-0.4, -0.2) is 82.2 Å². The fourth-order valence-electron chi connectivity index (χ4n) is 4.98. The minimum absolute atomic E-state index is 0.0750. The van der Waals surface area contributed by atoms with Crippen molar-refractivity contribution in [3.05, 3.63) is 91.9 Å². The summed E-state index contributed by atoms with van der Waals surface area (Å²) >= 11 is 0. The average Bonchev–Trinajstić information content (AvgIpc) is 3.42. The summed E-state index contributed by atoms with van der Waals surface area (Å²) in [6.07, 6.45) is 9.77. The number of hydrogen-bond acceptors (Lipinski definition) is 7. The molecule has 2 radical (unpaired) electrons. The topological polar surface area (TPSA) is 106 Å². The molecule has 1 amide bonds. The Labute approximate surface area is 243 Å². The number of amides is 1. The number of anilines is 1. The van der Waals surface area contributed by atoms with Crippen LogP contribution >= 0.6 is 0 Å². The van der Waals surface area contributed by atoms with Gasteiger partial charge in [-0.25, -0.2) is 14.5 Å². The molecular formula is C31H42N9O+. The zero-order chi connectivity index (χ0) is 29.0. The number of nitrogens with zero attached hydrogens (tertiary/aromatic N) is 6. The van der Waals surface area contributed by atoms with Crippen LogP contribution in [-0.2, 0) is 13.1 Å². The minimum atomic E-state index is -0.120. The Morgan fingerprint density at radius 1 is 1.24 bits per heavy atom. The van der Waals surface area contributed by atoms with E-state index in [-0.39, 0.29) is 11.8 Å². The first-order valence-corrected chi connectivity index (χ1v) is 14.2. The zero-order valence-electron chi connectivity index (χ0n) is 24.2. The predicted octanol–water partition coefficient (Wildman–Crippen LogP) is 2.92. The first-order chi connectivity index (χ1) is 20.0. The number of H-pyrrole nitrogens is 1. The van der Waals surface area contributed by atoms with Gasteiger partial charge in [0.05, 0.1) is 6.54 Å². The molecule has 216 valence electrons. The van der Waals surface area contributed by atoms with Crippen molar-refractivity contribution in [2.24, 2.45) is 5.92 Å². The van der Waals surface area contributed by atoms with Crippen molar-refractivity contribution in [1.82, 2.24) is 35.3 Å². The Bertz CT molecular complexity index is 1280. The van der Waals surface area contributed by atoms with Crippen molar-refractivity contribution in [3.8, 4) is 11.5 Å². The van der Waals surface area contributed by atoms with Crippen molar-refractivity contribution in [3.63, 3.8) is 0 Å². The number of nitrogens with one attached hydrogen (secondary N) is 3. The Morgan fingerprint density at radius 3 is 2.78 bits per heavy atom. The molecule has 0 bridgehead atoms. The number of aromatic amines is 1. The van der Waals surface area contributed by atoms with E-state index >= 15 is 0 Å². The van der Waals surface area contributed by atoms with E-state index in [9.17, 15) is 4.79 Å². The van der Waals surface area contributed by atoms with Crippen LogP contribution in [0.5, 0.6) is 0 Å². The van der Waals surface area contributed by atoms with Crippen LogP contribution in [0.3, 0.4) is 0 Å². The number of carbonyl (C=O) groups excluding carboxylic acids is 1. The number of piperazine rings is 1. The number of likely N-dealkylation sites (N-methyl/N-ethyl adjacent to an activating group) is 1. The SMILES string of the molecule is [CH2]/C=C\C(CNC(=O)c1cccc(NCc2[nH]nc(-c3ccncn3)[n+]2CCN2CCN(C)CC2)c1)[C](C=C)CC. The van der Waals surface area contributed by atoms with Crippen molar-refractivity contribution in [2.45, 2.75) is 26.4 Å². The predicted molar refractivity (Wildman–Crippen MR) is 162 cm³/mol. The lowest BCUT2D eigenvalue weighted by Crippen LogP contribution is -2.50. The van der Waals surface area contributed by atoms with Gasteiger partial charge in [-0.05, 0) is 44.7 Å². The molecule has 1 aliphatic rings. The number of benzene rings is 1. The van der Waals surface area contributed by atoms with E-state index < -0.39 is 0 Å². The van der Waals surface area contributed by atoms with Crippen LogP contribution in [0.1, 0.15) is 29.5 Å². The van der Waals surface area contributed by atoms with E-state index in [0.29, 0.717) is 18.7 Å². The Hall–Kier alpha value is -3.89. The van der Waals surface area contributed by atoms with Crippen molar-refractivity contribution < 1.29 is 9.36 Å². The lowest BCUT2D eigenvalue weighted by Gasteiger charge is -2.32. The van der Waals surface area contributed by atoms with Gasteiger partial charge in [0.25, 0.3) is 11.7 Å². The number of rotatable bonds is 14. The number of hydrogen-bond donors (Lipinski definition) is 3. The van der Waals surface area contributed by atoms with Gasteiger partial charge in [-0.2, -0.15) is 0 Å². The maximum Gasteiger partial charge on any atom is 0.327 e. The molecule has 1 aromatic carbocycles. The molecule has 0 spiro atoms.